The topological polar surface area (TPSA) is 28.2 Å². The van der Waals surface area contributed by atoms with E-state index in [1.165, 1.54) is 16.2 Å². The summed E-state index contributed by atoms with van der Waals surface area (Å²) >= 11 is 1.35. The summed E-state index contributed by atoms with van der Waals surface area (Å²) in [5.74, 6) is 0.206. The lowest BCUT2D eigenvalue weighted by Crippen LogP contribution is -2.34. The quantitative estimate of drug-likeness (QED) is 0.831. The van der Waals surface area contributed by atoms with Crippen LogP contribution in [0.1, 0.15) is 43.7 Å². The predicted molar refractivity (Wildman–Crippen MR) is 77.5 cm³/mol. The van der Waals surface area contributed by atoms with Gasteiger partial charge in [-0.2, -0.15) is 13.2 Å². The molecule has 0 amide bonds. The monoisotopic (exact) mass is 309 g/mol. The molecule has 1 rings (SSSR count). The Morgan fingerprint density at radius 2 is 2.00 bits per heavy atom. The van der Waals surface area contributed by atoms with E-state index in [9.17, 15) is 13.2 Å². The Hall–Kier alpha value is -0.820. The first-order valence-electron chi connectivity index (χ1n) is 6.74. The Kier molecular flexibility index (Phi) is 6.26. The van der Waals surface area contributed by atoms with Gasteiger partial charge in [0.1, 0.15) is 6.54 Å². The molecule has 0 spiro atoms. The average Bonchev–Trinajstić information content (AvgIpc) is 2.71. The van der Waals surface area contributed by atoms with Gasteiger partial charge < -0.3 is 10.2 Å². The van der Waals surface area contributed by atoms with Gasteiger partial charge in [0.05, 0.1) is 5.69 Å². The molecule has 0 aromatic carbocycles. The molecule has 0 bridgehead atoms. The van der Waals surface area contributed by atoms with Crippen molar-refractivity contribution in [2.75, 3.05) is 25.0 Å². The highest BCUT2D eigenvalue weighted by atomic mass is 32.1. The van der Waals surface area contributed by atoms with E-state index in [1.807, 2.05) is 27.8 Å². The molecule has 0 saturated carbocycles. The maximum Gasteiger partial charge on any atom is 0.406 e. The first kappa shape index (κ1) is 17.2. The molecular formula is C13H22F3N3S. The normalized spacial score (nSPS) is 12.2. The number of thiazole rings is 1. The summed E-state index contributed by atoms with van der Waals surface area (Å²) in [6.07, 6.45) is -3.55. The van der Waals surface area contributed by atoms with Crippen molar-refractivity contribution in [1.82, 2.24) is 10.3 Å². The van der Waals surface area contributed by atoms with Crippen LogP contribution >= 0.6 is 11.3 Å². The van der Waals surface area contributed by atoms with E-state index < -0.39 is 12.7 Å². The van der Waals surface area contributed by atoms with E-state index in [-0.39, 0.29) is 5.92 Å². The molecule has 116 valence electrons. The van der Waals surface area contributed by atoms with Gasteiger partial charge in [0.25, 0.3) is 0 Å². The van der Waals surface area contributed by atoms with E-state index >= 15 is 0 Å². The number of alkyl halides is 3. The van der Waals surface area contributed by atoms with Crippen molar-refractivity contribution in [2.24, 2.45) is 0 Å². The Morgan fingerprint density at radius 1 is 1.35 bits per heavy atom. The Balaban J connectivity index is 3.04. The van der Waals surface area contributed by atoms with Crippen molar-refractivity contribution >= 4 is 16.5 Å². The third kappa shape index (κ3) is 4.94. The number of nitrogens with zero attached hydrogens (tertiary/aromatic N) is 2. The molecule has 7 heteroatoms. The van der Waals surface area contributed by atoms with E-state index in [0.29, 0.717) is 24.6 Å². The van der Waals surface area contributed by atoms with Crippen LogP contribution in [0.3, 0.4) is 0 Å². The van der Waals surface area contributed by atoms with E-state index in [1.54, 1.807) is 0 Å². The van der Waals surface area contributed by atoms with Crippen molar-refractivity contribution in [3.05, 3.63) is 10.6 Å². The fraction of sp³-hybridized carbons (Fsp3) is 0.769. The molecule has 0 aliphatic carbocycles. The molecule has 0 aliphatic heterocycles. The summed E-state index contributed by atoms with van der Waals surface area (Å²) < 4.78 is 38.0. The fourth-order valence-corrected chi connectivity index (χ4v) is 3.20. The first-order valence-corrected chi connectivity index (χ1v) is 7.56. The second-order valence-corrected chi connectivity index (χ2v) is 6.09. The van der Waals surface area contributed by atoms with Crippen LogP contribution in [0, 0.1) is 0 Å². The second-order valence-electron chi connectivity index (χ2n) is 5.03. The third-order valence-corrected chi connectivity index (χ3v) is 3.87. The number of rotatable bonds is 7. The lowest BCUT2D eigenvalue weighted by Gasteiger charge is -2.22. The highest BCUT2D eigenvalue weighted by Gasteiger charge is 2.32. The van der Waals surface area contributed by atoms with Gasteiger partial charge >= 0.3 is 6.18 Å². The molecule has 1 N–H and O–H groups in total. The molecule has 0 saturated heterocycles. The van der Waals surface area contributed by atoms with Gasteiger partial charge in [-0.05, 0) is 19.4 Å². The predicted octanol–water partition coefficient (Wildman–Crippen LogP) is 3.76. The lowest BCUT2D eigenvalue weighted by atomic mass is 10.1. The number of aromatic nitrogens is 1. The van der Waals surface area contributed by atoms with Gasteiger partial charge in [-0.3, -0.25) is 0 Å². The maximum absolute atomic E-state index is 12.7. The minimum absolute atomic E-state index is 0.206. The van der Waals surface area contributed by atoms with E-state index in [2.05, 4.69) is 10.3 Å². The molecule has 1 heterocycles. The average molecular weight is 309 g/mol. The van der Waals surface area contributed by atoms with Crippen molar-refractivity contribution in [3.63, 3.8) is 0 Å². The van der Waals surface area contributed by atoms with Gasteiger partial charge in [-0.25, -0.2) is 4.98 Å². The molecule has 1 aromatic heterocycles. The second kappa shape index (κ2) is 7.26. The zero-order valence-corrected chi connectivity index (χ0v) is 13.2. The fourth-order valence-electron chi connectivity index (χ4n) is 1.95. The number of halogens is 3. The lowest BCUT2D eigenvalue weighted by molar-refractivity contribution is -0.119. The van der Waals surface area contributed by atoms with Crippen LogP contribution in [-0.2, 0) is 6.54 Å². The minimum atomic E-state index is -4.21. The maximum atomic E-state index is 12.7. The molecule has 0 atom stereocenters. The molecule has 20 heavy (non-hydrogen) atoms. The molecule has 0 radical (unpaired) electrons. The summed E-state index contributed by atoms with van der Waals surface area (Å²) in [6.45, 7) is 5.94. The van der Waals surface area contributed by atoms with Gasteiger partial charge in [0, 0.05) is 18.0 Å². The number of hydrogen-bond acceptors (Lipinski definition) is 4. The Labute approximate surface area is 122 Å². The van der Waals surface area contributed by atoms with E-state index in [4.69, 9.17) is 0 Å². The molecule has 0 aliphatic rings. The van der Waals surface area contributed by atoms with E-state index in [0.717, 1.165) is 10.6 Å². The Morgan fingerprint density at radius 3 is 2.45 bits per heavy atom. The molecule has 0 unspecified atom stereocenters. The van der Waals surface area contributed by atoms with Crippen molar-refractivity contribution in [1.29, 1.82) is 0 Å². The Bertz CT molecular complexity index is 415. The smallest absolute Gasteiger partial charge is 0.339 e. The van der Waals surface area contributed by atoms with Crippen molar-refractivity contribution < 1.29 is 13.2 Å². The zero-order valence-electron chi connectivity index (χ0n) is 12.3. The number of anilines is 1. The summed E-state index contributed by atoms with van der Waals surface area (Å²) in [6, 6.07) is 0. The summed E-state index contributed by atoms with van der Waals surface area (Å²) in [5.41, 5.74) is 0.891. The third-order valence-electron chi connectivity index (χ3n) is 2.73. The first-order chi connectivity index (χ1) is 9.28. The zero-order chi connectivity index (χ0) is 15.3. The molecule has 3 nitrogen and oxygen atoms in total. The summed E-state index contributed by atoms with van der Waals surface area (Å²) in [7, 11) is 1.82. The van der Waals surface area contributed by atoms with Crippen LogP contribution in [0.15, 0.2) is 0 Å². The van der Waals surface area contributed by atoms with Crippen molar-refractivity contribution in [3.8, 4) is 0 Å². The summed E-state index contributed by atoms with van der Waals surface area (Å²) in [5, 5.41) is 3.51. The van der Waals surface area contributed by atoms with Gasteiger partial charge in [0.15, 0.2) is 5.13 Å². The van der Waals surface area contributed by atoms with Crippen LogP contribution in [0.25, 0.3) is 0 Å². The largest absolute Gasteiger partial charge is 0.406 e. The van der Waals surface area contributed by atoms with Crippen molar-refractivity contribution in [2.45, 2.75) is 45.8 Å². The van der Waals surface area contributed by atoms with Gasteiger partial charge in [-0.15, -0.1) is 11.3 Å². The molecule has 0 fully saturated rings. The molecular weight excluding hydrogens is 287 g/mol. The van der Waals surface area contributed by atoms with Crippen LogP contribution in [0.2, 0.25) is 0 Å². The van der Waals surface area contributed by atoms with Gasteiger partial charge in [-0.1, -0.05) is 20.8 Å². The van der Waals surface area contributed by atoms with Crippen LogP contribution in [-0.4, -0.2) is 31.3 Å². The number of nitrogens with one attached hydrogen (secondary N) is 1. The van der Waals surface area contributed by atoms with Crippen LogP contribution in [0.4, 0.5) is 18.3 Å². The standard InChI is InChI=1S/C13H22F3N3S/c1-5-6-19(8-13(14,15)16)12-18-11(9(2)3)10(20-12)7-17-4/h9,17H,5-8H2,1-4H3. The molecule has 1 aromatic rings. The number of hydrogen-bond donors (Lipinski definition) is 1. The highest BCUT2D eigenvalue weighted by molar-refractivity contribution is 7.15. The van der Waals surface area contributed by atoms with Gasteiger partial charge in [0.2, 0.25) is 0 Å². The SMILES string of the molecule is CCCN(CC(F)(F)F)c1nc(C(C)C)c(CNC)s1. The highest BCUT2D eigenvalue weighted by Crippen LogP contribution is 2.32. The minimum Gasteiger partial charge on any atom is -0.339 e. The summed E-state index contributed by atoms with van der Waals surface area (Å²) in [4.78, 5) is 6.78. The van der Waals surface area contributed by atoms with Crippen LogP contribution in [0.5, 0.6) is 0 Å². The van der Waals surface area contributed by atoms with Crippen LogP contribution < -0.4 is 10.2 Å².